The highest BCUT2D eigenvalue weighted by Crippen LogP contribution is 2.39. The number of phenolic OH excluding ortho intramolecular Hbond substituents is 2. The molecule has 0 fully saturated rings. The van der Waals surface area contributed by atoms with E-state index in [1.54, 1.807) is 36.4 Å². The molecule has 2 N–H and O–H groups in total. The molecule has 146 valence electrons. The molecule has 3 aromatic rings. The highest BCUT2D eigenvalue weighted by Gasteiger charge is 2.18. The SMILES string of the molecule is C=C(C)C(=O)Oc1ccc(Oc2cccc(C(=O)c3ccccc3)c2O)c(O)c1. The molecule has 0 aliphatic rings. The van der Waals surface area contributed by atoms with Crippen LogP contribution in [0.1, 0.15) is 22.8 Å². The molecule has 0 radical (unpaired) electrons. The lowest BCUT2D eigenvalue weighted by atomic mass is 10.0. The molecule has 0 spiro atoms. The Morgan fingerprint density at radius 1 is 0.897 bits per heavy atom. The molecule has 0 heterocycles. The number of hydrogen-bond acceptors (Lipinski definition) is 6. The lowest BCUT2D eigenvalue weighted by molar-refractivity contribution is -0.130. The van der Waals surface area contributed by atoms with E-state index in [-0.39, 0.29) is 45.7 Å². The topological polar surface area (TPSA) is 93.1 Å². The Morgan fingerprint density at radius 3 is 2.28 bits per heavy atom. The van der Waals surface area contributed by atoms with Crippen LogP contribution in [0.3, 0.4) is 0 Å². The summed E-state index contributed by atoms with van der Waals surface area (Å²) < 4.78 is 10.6. The van der Waals surface area contributed by atoms with E-state index in [1.165, 1.54) is 37.3 Å². The molecular weight excluding hydrogens is 372 g/mol. The number of rotatable bonds is 6. The molecule has 0 aliphatic heterocycles. The summed E-state index contributed by atoms with van der Waals surface area (Å²) in [5, 5.41) is 20.7. The third-order valence-corrected chi connectivity index (χ3v) is 3.99. The van der Waals surface area contributed by atoms with Crippen LogP contribution in [0.2, 0.25) is 0 Å². The number of benzene rings is 3. The molecule has 6 nitrogen and oxygen atoms in total. The summed E-state index contributed by atoms with van der Waals surface area (Å²) in [5.41, 5.74) is 0.710. The van der Waals surface area contributed by atoms with Crippen LogP contribution < -0.4 is 9.47 Å². The number of phenols is 2. The van der Waals surface area contributed by atoms with Gasteiger partial charge < -0.3 is 19.7 Å². The number of ether oxygens (including phenoxy) is 2. The van der Waals surface area contributed by atoms with E-state index in [4.69, 9.17) is 9.47 Å². The Kier molecular flexibility index (Phi) is 5.64. The van der Waals surface area contributed by atoms with E-state index in [2.05, 4.69) is 6.58 Å². The third kappa shape index (κ3) is 4.44. The molecule has 0 saturated carbocycles. The Bertz CT molecular complexity index is 1090. The zero-order valence-electron chi connectivity index (χ0n) is 15.6. The quantitative estimate of drug-likeness (QED) is 0.276. The van der Waals surface area contributed by atoms with Crippen molar-refractivity contribution in [3.05, 3.63) is 90.0 Å². The Morgan fingerprint density at radius 2 is 1.62 bits per heavy atom. The number of carbonyl (C=O) groups excluding carboxylic acids is 2. The molecule has 3 rings (SSSR count). The number of esters is 1. The average Bonchev–Trinajstić information content (AvgIpc) is 2.71. The predicted octanol–water partition coefficient (Wildman–Crippen LogP) is 4.60. The van der Waals surface area contributed by atoms with Crippen LogP contribution in [0, 0.1) is 0 Å². The summed E-state index contributed by atoms with van der Waals surface area (Å²) in [7, 11) is 0. The fraction of sp³-hybridized carbons (Fsp3) is 0.0435. The molecular formula is C23H18O6. The molecule has 0 saturated heterocycles. The highest BCUT2D eigenvalue weighted by molar-refractivity contribution is 6.11. The van der Waals surface area contributed by atoms with Gasteiger partial charge in [-0.3, -0.25) is 4.79 Å². The second-order valence-corrected chi connectivity index (χ2v) is 6.25. The fourth-order valence-electron chi connectivity index (χ4n) is 2.49. The van der Waals surface area contributed by atoms with Gasteiger partial charge in [-0.25, -0.2) is 4.79 Å². The first-order chi connectivity index (χ1) is 13.9. The maximum Gasteiger partial charge on any atom is 0.338 e. The number of aromatic hydroxyl groups is 2. The van der Waals surface area contributed by atoms with E-state index in [1.807, 2.05) is 0 Å². The number of ketones is 1. The summed E-state index contributed by atoms with van der Waals surface area (Å²) in [6.45, 7) is 4.99. The van der Waals surface area contributed by atoms with Gasteiger partial charge in [0, 0.05) is 17.2 Å². The Labute approximate surface area is 167 Å². The van der Waals surface area contributed by atoms with E-state index in [0.29, 0.717) is 5.56 Å². The van der Waals surface area contributed by atoms with Gasteiger partial charge in [0.15, 0.2) is 28.8 Å². The van der Waals surface area contributed by atoms with Gasteiger partial charge in [0.05, 0.1) is 5.56 Å². The normalized spacial score (nSPS) is 10.2. The van der Waals surface area contributed by atoms with Crippen molar-refractivity contribution >= 4 is 11.8 Å². The lowest BCUT2D eigenvalue weighted by Gasteiger charge is -2.12. The van der Waals surface area contributed by atoms with Gasteiger partial charge in [0.25, 0.3) is 0 Å². The van der Waals surface area contributed by atoms with Crippen molar-refractivity contribution in [3.8, 4) is 28.7 Å². The van der Waals surface area contributed by atoms with E-state index >= 15 is 0 Å². The molecule has 29 heavy (non-hydrogen) atoms. The average molecular weight is 390 g/mol. The second kappa shape index (κ2) is 8.31. The summed E-state index contributed by atoms with van der Waals surface area (Å²) in [5.74, 6) is -1.52. The number of para-hydroxylation sites is 1. The van der Waals surface area contributed by atoms with Gasteiger partial charge in [-0.2, -0.15) is 0 Å². The lowest BCUT2D eigenvalue weighted by Crippen LogP contribution is -2.08. The molecule has 0 bridgehead atoms. The molecule has 0 amide bonds. The van der Waals surface area contributed by atoms with Crippen molar-refractivity contribution in [1.82, 2.24) is 0 Å². The number of hydrogen-bond donors (Lipinski definition) is 2. The van der Waals surface area contributed by atoms with Gasteiger partial charge in [-0.05, 0) is 31.2 Å². The van der Waals surface area contributed by atoms with Gasteiger partial charge in [-0.1, -0.05) is 43.0 Å². The standard InChI is InChI=1S/C23H18O6/c1-14(2)23(27)28-16-11-12-19(18(24)13-16)29-20-10-6-9-17(22(20)26)21(25)15-7-4-3-5-8-15/h3-13,24,26H,1H2,2H3. The minimum atomic E-state index is -0.622. The van der Waals surface area contributed by atoms with Crippen molar-refractivity contribution in [2.75, 3.05) is 0 Å². The molecule has 6 heteroatoms. The molecule has 0 unspecified atom stereocenters. The van der Waals surface area contributed by atoms with Crippen molar-refractivity contribution < 1.29 is 29.3 Å². The largest absolute Gasteiger partial charge is 0.504 e. The second-order valence-electron chi connectivity index (χ2n) is 6.25. The Balaban J connectivity index is 1.85. The van der Waals surface area contributed by atoms with Crippen LogP contribution in [0.5, 0.6) is 28.7 Å². The summed E-state index contributed by atoms with van der Waals surface area (Å²) in [6, 6.07) is 17.0. The smallest absolute Gasteiger partial charge is 0.338 e. The highest BCUT2D eigenvalue weighted by atomic mass is 16.5. The monoisotopic (exact) mass is 390 g/mol. The van der Waals surface area contributed by atoms with Gasteiger partial charge >= 0.3 is 5.97 Å². The van der Waals surface area contributed by atoms with Crippen LogP contribution >= 0.6 is 0 Å². The van der Waals surface area contributed by atoms with E-state index < -0.39 is 5.97 Å². The van der Waals surface area contributed by atoms with Crippen molar-refractivity contribution in [1.29, 1.82) is 0 Å². The van der Waals surface area contributed by atoms with Crippen LogP contribution in [-0.2, 0) is 4.79 Å². The Hall–Kier alpha value is -4.06. The maximum absolute atomic E-state index is 12.6. The van der Waals surface area contributed by atoms with E-state index in [0.717, 1.165) is 0 Å². The first-order valence-corrected chi connectivity index (χ1v) is 8.67. The van der Waals surface area contributed by atoms with Crippen molar-refractivity contribution in [2.45, 2.75) is 6.92 Å². The fourth-order valence-corrected chi connectivity index (χ4v) is 2.49. The first kappa shape index (κ1) is 19.7. The zero-order chi connectivity index (χ0) is 21.0. The number of carbonyl (C=O) groups is 2. The maximum atomic E-state index is 12.6. The van der Waals surface area contributed by atoms with Gasteiger partial charge in [0.2, 0.25) is 0 Å². The van der Waals surface area contributed by atoms with Crippen molar-refractivity contribution in [3.63, 3.8) is 0 Å². The third-order valence-electron chi connectivity index (χ3n) is 3.99. The van der Waals surface area contributed by atoms with E-state index in [9.17, 15) is 19.8 Å². The molecule has 3 aromatic carbocycles. The summed E-state index contributed by atoms with van der Waals surface area (Å²) in [4.78, 5) is 24.2. The van der Waals surface area contributed by atoms with Crippen LogP contribution in [0.25, 0.3) is 0 Å². The van der Waals surface area contributed by atoms with Gasteiger partial charge in [0.1, 0.15) is 5.75 Å². The summed E-state index contributed by atoms with van der Waals surface area (Å²) in [6.07, 6.45) is 0. The zero-order valence-corrected chi connectivity index (χ0v) is 15.6. The van der Waals surface area contributed by atoms with Crippen LogP contribution in [0.15, 0.2) is 78.9 Å². The van der Waals surface area contributed by atoms with Crippen LogP contribution in [0.4, 0.5) is 0 Å². The molecule has 0 aliphatic carbocycles. The minimum Gasteiger partial charge on any atom is -0.504 e. The molecule has 0 aromatic heterocycles. The van der Waals surface area contributed by atoms with Gasteiger partial charge in [-0.15, -0.1) is 0 Å². The predicted molar refractivity (Wildman–Crippen MR) is 107 cm³/mol. The van der Waals surface area contributed by atoms with Crippen molar-refractivity contribution in [2.24, 2.45) is 0 Å². The van der Waals surface area contributed by atoms with Crippen LogP contribution in [-0.4, -0.2) is 22.0 Å². The minimum absolute atomic E-state index is 0.00578. The first-order valence-electron chi connectivity index (χ1n) is 8.67. The molecule has 0 atom stereocenters. The summed E-state index contributed by atoms with van der Waals surface area (Å²) >= 11 is 0.